The van der Waals surface area contributed by atoms with Crippen molar-refractivity contribution in [2.45, 2.75) is 64.0 Å². The predicted octanol–water partition coefficient (Wildman–Crippen LogP) is 3.94. The highest BCUT2D eigenvalue weighted by Gasteiger charge is 2.32. The summed E-state index contributed by atoms with van der Waals surface area (Å²) in [6, 6.07) is 9.04. The van der Waals surface area contributed by atoms with E-state index < -0.39 is 0 Å². The molecule has 2 heteroatoms. The third kappa shape index (κ3) is 3.17. The highest BCUT2D eigenvalue weighted by molar-refractivity contribution is 5.37. The molecule has 3 rings (SSSR count). The van der Waals surface area contributed by atoms with Crippen LogP contribution in [0.3, 0.4) is 0 Å². The first-order valence-electron chi connectivity index (χ1n) is 8.34. The van der Waals surface area contributed by atoms with Crippen LogP contribution in [0.25, 0.3) is 0 Å². The molecule has 0 amide bonds. The second kappa shape index (κ2) is 6.62. The minimum absolute atomic E-state index is 0.333. The second-order valence-electron chi connectivity index (χ2n) is 6.41. The summed E-state index contributed by atoms with van der Waals surface area (Å²) in [5.41, 5.74) is 1.38. The van der Waals surface area contributed by atoms with Crippen LogP contribution in [0.15, 0.2) is 24.3 Å². The van der Waals surface area contributed by atoms with Crippen molar-refractivity contribution in [3.63, 3.8) is 0 Å². The molecule has 2 unspecified atom stereocenters. The van der Waals surface area contributed by atoms with Gasteiger partial charge in [-0.15, -0.1) is 0 Å². The van der Waals surface area contributed by atoms with Crippen molar-refractivity contribution < 1.29 is 4.74 Å². The lowest BCUT2D eigenvalue weighted by Crippen LogP contribution is -2.43. The molecular formula is C18H27NO. The Kier molecular flexibility index (Phi) is 4.62. The molecule has 1 aliphatic carbocycles. The number of hydrogen-bond acceptors (Lipinski definition) is 2. The first-order chi connectivity index (χ1) is 9.86. The van der Waals surface area contributed by atoms with Crippen molar-refractivity contribution >= 4 is 0 Å². The molecule has 2 nitrogen and oxygen atoms in total. The molecule has 0 bridgehead atoms. The van der Waals surface area contributed by atoms with E-state index >= 15 is 0 Å². The highest BCUT2D eigenvalue weighted by Crippen LogP contribution is 2.34. The maximum absolute atomic E-state index is 6.21. The lowest BCUT2D eigenvalue weighted by atomic mass is 9.93. The molecule has 1 heterocycles. The lowest BCUT2D eigenvalue weighted by molar-refractivity contribution is 0.159. The van der Waals surface area contributed by atoms with Crippen LogP contribution in [0.2, 0.25) is 0 Å². The molecule has 1 aromatic rings. The van der Waals surface area contributed by atoms with Gasteiger partial charge in [0.25, 0.3) is 0 Å². The average molecular weight is 273 g/mol. The molecule has 110 valence electrons. The van der Waals surface area contributed by atoms with Crippen LogP contribution in [0.1, 0.15) is 51.0 Å². The Hall–Kier alpha value is -1.02. The van der Waals surface area contributed by atoms with Gasteiger partial charge in [0.05, 0.1) is 0 Å². The third-order valence-electron chi connectivity index (χ3n) is 4.84. The van der Waals surface area contributed by atoms with Gasteiger partial charge in [-0.25, -0.2) is 0 Å². The average Bonchev–Trinajstić information content (AvgIpc) is 3.12. The van der Waals surface area contributed by atoms with E-state index in [9.17, 15) is 0 Å². The number of rotatable bonds is 6. The standard InChI is InChI=1S/C18H27NO/c1-2-11-19-16(12-14-7-3-4-8-14)18-13-15-9-5-6-10-17(15)20-18/h5-6,9-10,14,16,18-19H,2-4,7-8,11-13H2,1H3. The normalized spacial score (nSPS) is 23.6. The second-order valence-corrected chi connectivity index (χ2v) is 6.41. The zero-order valence-electron chi connectivity index (χ0n) is 12.6. The summed E-state index contributed by atoms with van der Waals surface area (Å²) in [7, 11) is 0. The van der Waals surface area contributed by atoms with Crippen LogP contribution in [-0.4, -0.2) is 18.7 Å². The maximum Gasteiger partial charge on any atom is 0.123 e. The largest absolute Gasteiger partial charge is 0.488 e. The molecule has 2 atom stereocenters. The highest BCUT2D eigenvalue weighted by atomic mass is 16.5. The monoisotopic (exact) mass is 273 g/mol. The summed E-state index contributed by atoms with van der Waals surface area (Å²) in [5, 5.41) is 3.75. The van der Waals surface area contributed by atoms with Gasteiger partial charge >= 0.3 is 0 Å². The van der Waals surface area contributed by atoms with Crippen molar-refractivity contribution in [3.8, 4) is 5.75 Å². The van der Waals surface area contributed by atoms with Gasteiger partial charge in [-0.3, -0.25) is 0 Å². The number of para-hydroxylation sites is 1. The van der Waals surface area contributed by atoms with Gasteiger partial charge < -0.3 is 10.1 Å². The fourth-order valence-electron chi connectivity index (χ4n) is 3.73. The molecule has 1 aliphatic heterocycles. The minimum Gasteiger partial charge on any atom is -0.488 e. The van der Waals surface area contributed by atoms with E-state index in [1.54, 1.807) is 0 Å². The molecule has 20 heavy (non-hydrogen) atoms. The zero-order chi connectivity index (χ0) is 13.8. The Balaban J connectivity index is 1.63. The zero-order valence-corrected chi connectivity index (χ0v) is 12.6. The Morgan fingerprint density at radius 3 is 2.80 bits per heavy atom. The molecule has 1 saturated carbocycles. The SMILES string of the molecule is CCCNC(CC1CCCC1)C1Cc2ccccc2O1. The van der Waals surface area contributed by atoms with Crippen molar-refractivity contribution in [3.05, 3.63) is 29.8 Å². The Bertz CT molecular complexity index is 400. The molecule has 0 aromatic heterocycles. The van der Waals surface area contributed by atoms with Crippen molar-refractivity contribution in [2.24, 2.45) is 5.92 Å². The summed E-state index contributed by atoms with van der Waals surface area (Å²) >= 11 is 0. The lowest BCUT2D eigenvalue weighted by Gasteiger charge is -2.27. The Morgan fingerprint density at radius 2 is 2.05 bits per heavy atom. The quantitative estimate of drug-likeness (QED) is 0.847. The van der Waals surface area contributed by atoms with E-state index in [-0.39, 0.29) is 0 Å². The van der Waals surface area contributed by atoms with E-state index in [1.807, 2.05) is 0 Å². The Labute approximate surface area is 122 Å². The van der Waals surface area contributed by atoms with Crippen LogP contribution in [0.4, 0.5) is 0 Å². The van der Waals surface area contributed by atoms with Gasteiger partial charge in [-0.05, 0) is 36.9 Å². The van der Waals surface area contributed by atoms with Crippen molar-refractivity contribution in [2.75, 3.05) is 6.54 Å². The maximum atomic E-state index is 6.21. The molecule has 0 saturated heterocycles. The predicted molar refractivity (Wildman–Crippen MR) is 83.2 cm³/mol. The molecule has 2 aliphatic rings. The fourth-order valence-corrected chi connectivity index (χ4v) is 3.73. The van der Waals surface area contributed by atoms with Crippen LogP contribution < -0.4 is 10.1 Å². The fraction of sp³-hybridized carbons (Fsp3) is 0.667. The minimum atomic E-state index is 0.333. The third-order valence-corrected chi connectivity index (χ3v) is 4.84. The smallest absolute Gasteiger partial charge is 0.123 e. The van der Waals surface area contributed by atoms with Crippen LogP contribution in [0.5, 0.6) is 5.75 Å². The van der Waals surface area contributed by atoms with Gasteiger partial charge in [0.15, 0.2) is 0 Å². The van der Waals surface area contributed by atoms with Gasteiger partial charge in [0.2, 0.25) is 0 Å². The number of ether oxygens (including phenoxy) is 1. The summed E-state index contributed by atoms with van der Waals surface area (Å²) < 4.78 is 6.21. The number of nitrogens with one attached hydrogen (secondary N) is 1. The number of benzene rings is 1. The van der Waals surface area contributed by atoms with Crippen LogP contribution in [-0.2, 0) is 6.42 Å². The van der Waals surface area contributed by atoms with Gasteiger partial charge in [0, 0.05) is 12.5 Å². The molecule has 0 radical (unpaired) electrons. The van der Waals surface area contributed by atoms with E-state index in [0.717, 1.165) is 24.6 Å². The summed E-state index contributed by atoms with van der Waals surface area (Å²) in [4.78, 5) is 0. The summed E-state index contributed by atoms with van der Waals surface area (Å²) in [5.74, 6) is 2.02. The molecule has 1 aromatic carbocycles. The number of hydrogen-bond donors (Lipinski definition) is 1. The van der Waals surface area contributed by atoms with E-state index in [2.05, 4.69) is 36.5 Å². The molecule has 0 spiro atoms. The van der Waals surface area contributed by atoms with Crippen LogP contribution >= 0.6 is 0 Å². The molecular weight excluding hydrogens is 246 g/mol. The van der Waals surface area contributed by atoms with Gasteiger partial charge in [-0.1, -0.05) is 50.8 Å². The van der Waals surface area contributed by atoms with E-state index in [4.69, 9.17) is 4.74 Å². The van der Waals surface area contributed by atoms with E-state index in [0.29, 0.717) is 12.1 Å². The van der Waals surface area contributed by atoms with E-state index in [1.165, 1.54) is 44.1 Å². The molecule has 1 fully saturated rings. The molecule has 1 N–H and O–H groups in total. The Morgan fingerprint density at radius 1 is 1.25 bits per heavy atom. The van der Waals surface area contributed by atoms with Crippen LogP contribution in [0, 0.1) is 5.92 Å². The first kappa shape index (κ1) is 13.9. The van der Waals surface area contributed by atoms with Crippen molar-refractivity contribution in [1.82, 2.24) is 5.32 Å². The van der Waals surface area contributed by atoms with Gasteiger partial charge in [-0.2, -0.15) is 0 Å². The number of fused-ring (bicyclic) bond motifs is 1. The van der Waals surface area contributed by atoms with Gasteiger partial charge in [0.1, 0.15) is 11.9 Å². The first-order valence-corrected chi connectivity index (χ1v) is 8.34. The topological polar surface area (TPSA) is 21.3 Å². The summed E-state index contributed by atoms with van der Waals surface area (Å²) in [6.07, 6.45) is 9.59. The summed E-state index contributed by atoms with van der Waals surface area (Å²) in [6.45, 7) is 3.34. The van der Waals surface area contributed by atoms with Crippen molar-refractivity contribution in [1.29, 1.82) is 0 Å².